The molecule has 5 nitrogen and oxygen atoms in total. The van der Waals surface area contributed by atoms with Gasteiger partial charge in [-0.25, -0.2) is 4.98 Å². The van der Waals surface area contributed by atoms with Crippen LogP contribution in [0.15, 0.2) is 45.7 Å². The summed E-state index contributed by atoms with van der Waals surface area (Å²) in [4.78, 5) is 30.0. The second-order valence-corrected chi connectivity index (χ2v) is 9.34. The summed E-state index contributed by atoms with van der Waals surface area (Å²) in [5.74, 6) is 0.543. The molecule has 0 spiro atoms. The van der Waals surface area contributed by atoms with Crippen LogP contribution in [0.25, 0.3) is 10.2 Å². The molecule has 0 saturated carbocycles. The van der Waals surface area contributed by atoms with Gasteiger partial charge in [0.1, 0.15) is 4.70 Å². The van der Waals surface area contributed by atoms with Gasteiger partial charge in [0.2, 0.25) is 5.91 Å². The van der Waals surface area contributed by atoms with E-state index >= 15 is 0 Å². The zero-order valence-corrected chi connectivity index (χ0v) is 17.6. The van der Waals surface area contributed by atoms with Crippen molar-refractivity contribution >= 4 is 39.2 Å². The van der Waals surface area contributed by atoms with Crippen LogP contribution in [0.1, 0.15) is 37.4 Å². The lowest BCUT2D eigenvalue weighted by molar-refractivity contribution is -0.119. The third-order valence-corrected chi connectivity index (χ3v) is 6.75. The zero-order valence-electron chi connectivity index (χ0n) is 16.0. The first-order chi connectivity index (χ1) is 13.5. The Bertz CT molecular complexity index is 1070. The number of carbonyl (C=O) groups is 1. The van der Waals surface area contributed by atoms with E-state index in [-0.39, 0.29) is 23.3 Å². The molecule has 4 rings (SSSR count). The number of hydrogen-bond acceptors (Lipinski definition) is 5. The number of nitrogens with one attached hydrogen (secondary N) is 1. The van der Waals surface area contributed by atoms with E-state index in [1.165, 1.54) is 34.2 Å². The molecule has 7 heteroatoms. The summed E-state index contributed by atoms with van der Waals surface area (Å²) in [6.07, 6.45) is 1.94. The lowest BCUT2D eigenvalue weighted by atomic mass is 10.1. The summed E-state index contributed by atoms with van der Waals surface area (Å²) in [6, 6.07) is 10.2. The van der Waals surface area contributed by atoms with Crippen LogP contribution in [-0.4, -0.2) is 21.2 Å². The molecule has 1 N–H and O–H groups in total. The lowest BCUT2D eigenvalue weighted by Gasteiger charge is -2.16. The van der Waals surface area contributed by atoms with Gasteiger partial charge in [-0.05, 0) is 41.3 Å². The van der Waals surface area contributed by atoms with Crippen LogP contribution in [0.5, 0.6) is 0 Å². The number of rotatable bonds is 6. The highest BCUT2D eigenvalue weighted by atomic mass is 32.2. The minimum absolute atomic E-state index is 0.0127. The second-order valence-electron chi connectivity index (χ2n) is 7.49. The van der Waals surface area contributed by atoms with E-state index in [4.69, 9.17) is 0 Å². The molecule has 146 valence electrons. The molecule has 28 heavy (non-hydrogen) atoms. The van der Waals surface area contributed by atoms with Gasteiger partial charge in [-0.1, -0.05) is 49.9 Å². The van der Waals surface area contributed by atoms with Crippen LogP contribution in [0.3, 0.4) is 0 Å². The molecule has 0 fully saturated rings. The molecule has 1 aromatic carbocycles. The average molecular weight is 414 g/mol. The normalized spacial score (nSPS) is 15.9. The number of aromatic nitrogens is 2. The number of fused-ring (bicyclic) bond motifs is 2. The SMILES string of the molecule is CC(C)Cn1c(SCC(=O)N[C@H]2CCc3ccccc32)nc2ccsc2c1=O. The number of carbonyl (C=O) groups excluding carboxylic acids is 1. The highest BCUT2D eigenvalue weighted by Gasteiger charge is 2.23. The zero-order chi connectivity index (χ0) is 19.7. The number of amides is 1. The Hall–Kier alpha value is -2.12. The minimum atomic E-state index is -0.0255. The highest BCUT2D eigenvalue weighted by Crippen LogP contribution is 2.31. The van der Waals surface area contributed by atoms with Crippen LogP contribution >= 0.6 is 23.1 Å². The van der Waals surface area contributed by atoms with Crippen molar-refractivity contribution in [3.63, 3.8) is 0 Å². The lowest BCUT2D eigenvalue weighted by Crippen LogP contribution is -2.29. The molecule has 1 amide bonds. The topological polar surface area (TPSA) is 64.0 Å². The van der Waals surface area contributed by atoms with Crippen molar-refractivity contribution in [1.82, 2.24) is 14.9 Å². The van der Waals surface area contributed by atoms with Crippen LogP contribution in [0.4, 0.5) is 0 Å². The summed E-state index contributed by atoms with van der Waals surface area (Å²) in [5.41, 5.74) is 3.23. The monoisotopic (exact) mass is 413 g/mol. The van der Waals surface area contributed by atoms with Crippen LogP contribution in [0.2, 0.25) is 0 Å². The Kier molecular flexibility index (Phi) is 5.55. The molecule has 0 unspecified atom stereocenters. The van der Waals surface area contributed by atoms with Crippen LogP contribution < -0.4 is 10.9 Å². The summed E-state index contributed by atoms with van der Waals surface area (Å²) in [6.45, 7) is 4.74. The third-order valence-electron chi connectivity index (χ3n) is 4.88. The van der Waals surface area contributed by atoms with E-state index in [0.717, 1.165) is 12.8 Å². The average Bonchev–Trinajstić information content (AvgIpc) is 3.30. The summed E-state index contributed by atoms with van der Waals surface area (Å²) in [7, 11) is 0. The van der Waals surface area contributed by atoms with Gasteiger partial charge < -0.3 is 5.32 Å². The molecule has 1 aliphatic carbocycles. The van der Waals surface area contributed by atoms with Gasteiger partial charge in [-0.15, -0.1) is 11.3 Å². The molecule has 0 radical (unpaired) electrons. The standard InChI is InChI=1S/C21H23N3O2S2/c1-13(2)11-24-20(26)19-17(9-10-27-19)23-21(24)28-12-18(25)22-16-8-7-14-5-3-4-6-15(14)16/h3-6,9-10,13,16H,7-8,11-12H2,1-2H3,(H,22,25)/t16-/m0/s1. The maximum atomic E-state index is 12.8. The quantitative estimate of drug-likeness (QED) is 0.490. The van der Waals surface area contributed by atoms with Gasteiger partial charge >= 0.3 is 0 Å². The Morgan fingerprint density at radius 1 is 1.36 bits per heavy atom. The smallest absolute Gasteiger partial charge is 0.272 e. The molecular weight excluding hydrogens is 390 g/mol. The van der Waals surface area contributed by atoms with Crippen LogP contribution in [0, 0.1) is 5.92 Å². The van der Waals surface area contributed by atoms with Crippen molar-refractivity contribution < 1.29 is 4.79 Å². The number of benzene rings is 1. The first-order valence-corrected chi connectivity index (χ1v) is 11.4. The molecule has 2 aromatic heterocycles. The van der Waals surface area contributed by atoms with E-state index < -0.39 is 0 Å². The molecule has 1 aliphatic rings. The second kappa shape index (κ2) is 8.09. The Labute approximate surface area is 172 Å². The number of thioether (sulfide) groups is 1. The molecular formula is C21H23N3O2S2. The van der Waals surface area contributed by atoms with Gasteiger partial charge in [0.05, 0.1) is 17.3 Å². The predicted molar refractivity (Wildman–Crippen MR) is 115 cm³/mol. The molecule has 3 aromatic rings. The minimum Gasteiger partial charge on any atom is -0.349 e. The summed E-state index contributed by atoms with van der Waals surface area (Å²) in [5, 5.41) is 5.64. The van der Waals surface area contributed by atoms with Crippen LogP contribution in [-0.2, 0) is 17.8 Å². The molecule has 0 aliphatic heterocycles. The van der Waals surface area contributed by atoms with Crippen molar-refractivity contribution in [2.24, 2.45) is 5.92 Å². The Balaban J connectivity index is 1.49. The van der Waals surface area contributed by atoms with Crippen molar-refractivity contribution in [2.75, 3.05) is 5.75 Å². The summed E-state index contributed by atoms with van der Waals surface area (Å²) < 4.78 is 2.39. The van der Waals surface area contributed by atoms with Gasteiger partial charge in [0, 0.05) is 6.54 Å². The molecule has 1 atom stereocenters. The van der Waals surface area contributed by atoms with E-state index in [0.29, 0.717) is 27.8 Å². The maximum absolute atomic E-state index is 12.8. The van der Waals surface area contributed by atoms with E-state index in [1.807, 2.05) is 23.6 Å². The summed E-state index contributed by atoms with van der Waals surface area (Å²) >= 11 is 2.76. The van der Waals surface area contributed by atoms with Gasteiger partial charge in [-0.2, -0.15) is 0 Å². The number of hydrogen-bond donors (Lipinski definition) is 1. The largest absolute Gasteiger partial charge is 0.349 e. The van der Waals surface area contributed by atoms with E-state index in [2.05, 4.69) is 36.3 Å². The molecule has 0 saturated heterocycles. The van der Waals surface area contributed by atoms with Crippen molar-refractivity contribution in [2.45, 2.75) is 44.4 Å². The van der Waals surface area contributed by atoms with Crippen molar-refractivity contribution in [3.8, 4) is 0 Å². The van der Waals surface area contributed by atoms with Gasteiger partial charge in [0.15, 0.2) is 5.16 Å². The number of thiophene rings is 1. The van der Waals surface area contributed by atoms with E-state index in [1.54, 1.807) is 4.57 Å². The first kappa shape index (κ1) is 19.2. The fraction of sp³-hybridized carbons (Fsp3) is 0.381. The Morgan fingerprint density at radius 2 is 2.18 bits per heavy atom. The van der Waals surface area contributed by atoms with Gasteiger partial charge in [0.25, 0.3) is 5.56 Å². The fourth-order valence-corrected chi connectivity index (χ4v) is 5.23. The highest BCUT2D eigenvalue weighted by molar-refractivity contribution is 7.99. The molecule has 2 heterocycles. The number of aryl methyl sites for hydroxylation is 1. The van der Waals surface area contributed by atoms with Crippen molar-refractivity contribution in [3.05, 3.63) is 57.2 Å². The third kappa shape index (κ3) is 3.86. The first-order valence-electron chi connectivity index (χ1n) is 9.51. The number of nitrogens with zero attached hydrogens (tertiary/aromatic N) is 2. The predicted octanol–water partition coefficient (Wildman–Crippen LogP) is 4.01. The van der Waals surface area contributed by atoms with Crippen molar-refractivity contribution in [1.29, 1.82) is 0 Å². The Morgan fingerprint density at radius 3 is 3.00 bits per heavy atom. The maximum Gasteiger partial charge on any atom is 0.272 e. The van der Waals surface area contributed by atoms with Gasteiger partial charge in [-0.3, -0.25) is 14.2 Å². The van der Waals surface area contributed by atoms with E-state index in [9.17, 15) is 9.59 Å². The molecule has 0 bridgehead atoms. The fourth-order valence-electron chi connectivity index (χ4n) is 3.63.